The number of rotatable bonds is 14. The number of ether oxygens (including phenoxy) is 1. The Bertz CT molecular complexity index is 398. The molecule has 0 bridgehead atoms. The van der Waals surface area contributed by atoms with Gasteiger partial charge in [0, 0.05) is 0 Å². The maximum Gasteiger partial charge on any atom is 0.341 e. The first-order chi connectivity index (χ1) is 11.7. The lowest BCUT2D eigenvalue weighted by Crippen LogP contribution is -2.07. The minimum absolute atomic E-state index is 0.150. The number of aliphatic hydroxyl groups excluding tert-OH is 1. The summed E-state index contributed by atoms with van der Waals surface area (Å²) in [5.41, 5.74) is 0.360. The van der Waals surface area contributed by atoms with E-state index in [4.69, 9.17) is 4.74 Å². The van der Waals surface area contributed by atoms with Crippen LogP contribution in [0.1, 0.15) is 96.8 Å². The fourth-order valence-corrected chi connectivity index (χ4v) is 3.13. The van der Waals surface area contributed by atoms with E-state index in [2.05, 4.69) is 13.5 Å². The third-order valence-corrected chi connectivity index (χ3v) is 4.73. The van der Waals surface area contributed by atoms with E-state index in [0.29, 0.717) is 5.57 Å². The van der Waals surface area contributed by atoms with Crippen LogP contribution in [0.25, 0.3) is 0 Å². The second kappa shape index (κ2) is 13.2. The number of aliphatic hydroxyl groups is 1. The lowest BCUT2D eigenvalue weighted by molar-refractivity contribution is -0.132. The van der Waals surface area contributed by atoms with E-state index < -0.39 is 12.1 Å². The molecule has 0 unspecified atom stereocenters. The third kappa shape index (κ3) is 8.68. The number of cyclic esters (lactones) is 1. The van der Waals surface area contributed by atoms with Crippen molar-refractivity contribution in [1.29, 1.82) is 0 Å². The monoisotopic (exact) mass is 336 g/mol. The van der Waals surface area contributed by atoms with Crippen molar-refractivity contribution < 1.29 is 14.6 Å². The molecular formula is C21H36O3. The predicted molar refractivity (Wildman–Crippen MR) is 99.6 cm³/mol. The van der Waals surface area contributed by atoms with Crippen LogP contribution in [0.15, 0.2) is 24.0 Å². The zero-order valence-electron chi connectivity index (χ0n) is 15.5. The molecule has 0 saturated carbocycles. The molecule has 1 N–H and O–H groups in total. The zero-order valence-corrected chi connectivity index (χ0v) is 15.5. The van der Waals surface area contributed by atoms with Crippen LogP contribution in [0.5, 0.6) is 0 Å². The Balaban J connectivity index is 1.87. The molecule has 0 aromatic rings. The van der Waals surface area contributed by atoms with Crippen molar-refractivity contribution in [2.75, 3.05) is 0 Å². The molecule has 0 aliphatic carbocycles. The average Bonchev–Trinajstić information content (AvgIpc) is 2.81. The van der Waals surface area contributed by atoms with Gasteiger partial charge in [0.2, 0.25) is 0 Å². The van der Waals surface area contributed by atoms with Gasteiger partial charge in [-0.15, -0.1) is 0 Å². The molecule has 1 atom stereocenters. The van der Waals surface area contributed by atoms with Gasteiger partial charge < -0.3 is 9.84 Å². The standard InChI is InChI=1S/C21H36O3/c1-3-4-5-6-7-8-9-10-11-12-13-14-15-16-17-19-20(22)18(2)24-21(19)23/h17,20,22H,2-16H2,1H3/b19-17+/t20-/m0/s1. The van der Waals surface area contributed by atoms with Gasteiger partial charge in [-0.1, -0.05) is 96.6 Å². The zero-order chi connectivity index (χ0) is 17.6. The van der Waals surface area contributed by atoms with Crippen LogP contribution in [-0.2, 0) is 9.53 Å². The van der Waals surface area contributed by atoms with Crippen molar-refractivity contribution in [2.24, 2.45) is 0 Å². The highest BCUT2D eigenvalue weighted by atomic mass is 16.6. The second-order valence-corrected chi connectivity index (χ2v) is 6.95. The quantitative estimate of drug-likeness (QED) is 0.247. The molecule has 0 amide bonds. The highest BCUT2D eigenvalue weighted by molar-refractivity contribution is 5.93. The number of allylic oxidation sites excluding steroid dienone is 1. The van der Waals surface area contributed by atoms with Crippen LogP contribution in [-0.4, -0.2) is 17.2 Å². The summed E-state index contributed by atoms with van der Waals surface area (Å²) in [5, 5.41) is 9.72. The Labute approximate surface area is 148 Å². The van der Waals surface area contributed by atoms with Crippen LogP contribution >= 0.6 is 0 Å². The van der Waals surface area contributed by atoms with Crippen molar-refractivity contribution in [3.8, 4) is 0 Å². The molecular weight excluding hydrogens is 300 g/mol. The molecule has 1 aliphatic rings. The highest BCUT2D eigenvalue weighted by Gasteiger charge is 2.32. The van der Waals surface area contributed by atoms with Crippen molar-refractivity contribution in [3.63, 3.8) is 0 Å². The van der Waals surface area contributed by atoms with Crippen LogP contribution in [0.3, 0.4) is 0 Å². The van der Waals surface area contributed by atoms with Gasteiger partial charge in [-0.25, -0.2) is 4.79 Å². The molecule has 0 aromatic heterocycles. The highest BCUT2D eigenvalue weighted by Crippen LogP contribution is 2.23. The number of unbranched alkanes of at least 4 members (excludes halogenated alkanes) is 13. The van der Waals surface area contributed by atoms with E-state index in [1.54, 1.807) is 0 Å². The maximum atomic E-state index is 11.4. The van der Waals surface area contributed by atoms with Gasteiger partial charge in [-0.2, -0.15) is 0 Å². The largest absolute Gasteiger partial charge is 0.425 e. The summed E-state index contributed by atoms with van der Waals surface area (Å²) in [4.78, 5) is 11.4. The molecule has 0 aromatic carbocycles. The van der Waals surface area contributed by atoms with Gasteiger partial charge in [0.05, 0.1) is 5.57 Å². The van der Waals surface area contributed by atoms with E-state index in [1.807, 2.05) is 6.08 Å². The first kappa shape index (κ1) is 21.0. The molecule has 1 fully saturated rings. The molecule has 0 spiro atoms. The van der Waals surface area contributed by atoms with Crippen LogP contribution in [0.2, 0.25) is 0 Å². The first-order valence-electron chi connectivity index (χ1n) is 9.96. The Morgan fingerprint density at radius 1 is 0.917 bits per heavy atom. The van der Waals surface area contributed by atoms with E-state index >= 15 is 0 Å². The summed E-state index contributed by atoms with van der Waals surface area (Å²) in [7, 11) is 0. The lowest BCUT2D eigenvalue weighted by Gasteiger charge is -2.03. The minimum atomic E-state index is -0.931. The Morgan fingerprint density at radius 3 is 1.79 bits per heavy atom. The van der Waals surface area contributed by atoms with E-state index in [1.165, 1.54) is 77.0 Å². The molecule has 1 rings (SSSR count). The van der Waals surface area contributed by atoms with E-state index in [9.17, 15) is 9.90 Å². The van der Waals surface area contributed by atoms with Crippen molar-refractivity contribution >= 4 is 5.97 Å². The lowest BCUT2D eigenvalue weighted by atomic mass is 10.0. The fourth-order valence-electron chi connectivity index (χ4n) is 3.13. The molecule has 0 radical (unpaired) electrons. The maximum absolute atomic E-state index is 11.4. The summed E-state index contributed by atoms with van der Waals surface area (Å²) < 4.78 is 4.80. The summed E-state index contributed by atoms with van der Waals surface area (Å²) >= 11 is 0. The van der Waals surface area contributed by atoms with E-state index in [-0.39, 0.29) is 5.76 Å². The second-order valence-electron chi connectivity index (χ2n) is 6.95. The average molecular weight is 337 g/mol. The topological polar surface area (TPSA) is 46.5 Å². The molecule has 3 heteroatoms. The van der Waals surface area contributed by atoms with Gasteiger partial charge in [0.25, 0.3) is 0 Å². The molecule has 1 aliphatic heterocycles. The Kier molecular flexibility index (Phi) is 11.5. The number of hydrogen-bond acceptors (Lipinski definition) is 3. The molecule has 3 nitrogen and oxygen atoms in total. The number of carbonyl (C=O) groups excluding carboxylic acids is 1. The summed E-state index contributed by atoms with van der Waals surface area (Å²) in [5.74, 6) is -0.293. The number of hydrogen-bond donors (Lipinski definition) is 1. The normalized spacial score (nSPS) is 19.2. The van der Waals surface area contributed by atoms with E-state index in [0.717, 1.165) is 12.8 Å². The first-order valence-corrected chi connectivity index (χ1v) is 9.96. The van der Waals surface area contributed by atoms with Gasteiger partial charge >= 0.3 is 5.97 Å². The summed E-state index contributed by atoms with van der Waals surface area (Å²) in [6.07, 6.45) is 19.0. The Morgan fingerprint density at radius 2 is 1.38 bits per heavy atom. The van der Waals surface area contributed by atoms with Crippen molar-refractivity contribution in [1.82, 2.24) is 0 Å². The van der Waals surface area contributed by atoms with Crippen molar-refractivity contribution in [2.45, 2.75) is 103 Å². The molecule has 138 valence electrons. The van der Waals surface area contributed by atoms with Gasteiger partial charge in [0.15, 0.2) is 0 Å². The smallest absolute Gasteiger partial charge is 0.341 e. The number of carbonyl (C=O) groups is 1. The fraction of sp³-hybridized carbons (Fsp3) is 0.762. The Hall–Kier alpha value is -1.09. The summed E-state index contributed by atoms with van der Waals surface area (Å²) in [6, 6.07) is 0. The van der Waals surface area contributed by atoms with Crippen LogP contribution in [0.4, 0.5) is 0 Å². The minimum Gasteiger partial charge on any atom is -0.425 e. The molecule has 1 heterocycles. The third-order valence-electron chi connectivity index (χ3n) is 4.73. The summed E-state index contributed by atoms with van der Waals surface area (Å²) in [6.45, 7) is 5.78. The molecule has 24 heavy (non-hydrogen) atoms. The SMILES string of the molecule is C=C1OC(=O)/C(=C/CCCCCCCCCCCCCCC)[C@H]1O. The number of esters is 1. The molecule has 1 saturated heterocycles. The van der Waals surface area contributed by atoms with Gasteiger partial charge in [-0.05, 0) is 12.8 Å². The van der Waals surface area contributed by atoms with Crippen LogP contribution in [0, 0.1) is 0 Å². The van der Waals surface area contributed by atoms with Gasteiger partial charge in [-0.3, -0.25) is 0 Å². The van der Waals surface area contributed by atoms with Crippen LogP contribution < -0.4 is 0 Å². The predicted octanol–water partition coefficient (Wildman–Crippen LogP) is 5.83. The van der Waals surface area contributed by atoms with Gasteiger partial charge in [0.1, 0.15) is 11.9 Å². The van der Waals surface area contributed by atoms with Crippen molar-refractivity contribution in [3.05, 3.63) is 24.0 Å².